The van der Waals surface area contributed by atoms with Crippen molar-refractivity contribution in [2.45, 2.75) is 5.38 Å². The molecule has 1 aromatic heterocycles. The first-order chi connectivity index (χ1) is 9.97. The van der Waals surface area contributed by atoms with Crippen LogP contribution in [0.4, 0.5) is 5.69 Å². The highest BCUT2D eigenvalue weighted by Crippen LogP contribution is 2.38. The fourth-order valence-electron chi connectivity index (χ4n) is 1.68. The lowest BCUT2D eigenvalue weighted by Gasteiger charge is -2.14. The maximum absolute atomic E-state index is 6.40. The number of ether oxygens (including phenoxy) is 2. The molecule has 5 nitrogen and oxygen atoms in total. The Hall–Kier alpha value is -1.43. The van der Waals surface area contributed by atoms with Crippen molar-refractivity contribution in [1.29, 1.82) is 0 Å². The average Bonchev–Trinajstić information content (AvgIpc) is 2.51. The molecule has 1 aromatic carbocycles. The molecule has 0 bridgehead atoms. The van der Waals surface area contributed by atoms with Crippen LogP contribution in [-0.2, 0) is 0 Å². The Morgan fingerprint density at radius 3 is 2.19 bits per heavy atom. The van der Waals surface area contributed by atoms with Crippen LogP contribution >= 0.6 is 34.8 Å². The molecule has 0 saturated carbocycles. The highest BCUT2D eigenvalue weighted by atomic mass is 35.5. The standard InChI is InChI=1S/C13H12Cl3N3O2/c1-20-8-5-9(21-2)19-13(18-8)10(15)6-3-4-7(14)11(16)12(6)17/h3-5,10H,17H2,1-2H3. The predicted molar refractivity (Wildman–Crippen MR) is 83.7 cm³/mol. The normalized spacial score (nSPS) is 12.0. The van der Waals surface area contributed by atoms with E-state index in [-0.39, 0.29) is 16.5 Å². The second-order valence-corrected chi connectivity index (χ2v) is 5.26. The van der Waals surface area contributed by atoms with Crippen LogP contribution in [0.15, 0.2) is 18.2 Å². The van der Waals surface area contributed by atoms with E-state index in [2.05, 4.69) is 9.97 Å². The highest BCUT2D eigenvalue weighted by Gasteiger charge is 2.21. The summed E-state index contributed by atoms with van der Waals surface area (Å²) in [7, 11) is 2.98. The van der Waals surface area contributed by atoms with Crippen molar-refractivity contribution < 1.29 is 9.47 Å². The largest absolute Gasteiger partial charge is 0.481 e. The van der Waals surface area contributed by atoms with Gasteiger partial charge in [-0.1, -0.05) is 29.3 Å². The third-order valence-corrected chi connectivity index (χ3v) is 4.03. The van der Waals surface area contributed by atoms with Gasteiger partial charge in [-0.05, 0) is 6.07 Å². The summed E-state index contributed by atoms with van der Waals surface area (Å²) in [5.41, 5.74) is 6.79. The second-order valence-electron chi connectivity index (χ2n) is 4.04. The summed E-state index contributed by atoms with van der Waals surface area (Å²) >= 11 is 18.3. The van der Waals surface area contributed by atoms with E-state index in [0.29, 0.717) is 22.3 Å². The topological polar surface area (TPSA) is 70.3 Å². The number of aromatic nitrogens is 2. The molecule has 0 radical (unpaired) electrons. The predicted octanol–water partition coefficient (Wildman–Crippen LogP) is 3.71. The van der Waals surface area contributed by atoms with Crippen LogP contribution in [0, 0.1) is 0 Å². The molecule has 0 amide bonds. The second kappa shape index (κ2) is 6.56. The fraction of sp³-hybridized carbons (Fsp3) is 0.231. The average molecular weight is 349 g/mol. The minimum absolute atomic E-state index is 0.245. The van der Waals surface area contributed by atoms with Crippen molar-refractivity contribution in [3.05, 3.63) is 39.6 Å². The lowest BCUT2D eigenvalue weighted by molar-refractivity contribution is 0.368. The van der Waals surface area contributed by atoms with Crippen LogP contribution in [0.1, 0.15) is 16.8 Å². The van der Waals surface area contributed by atoms with E-state index in [1.807, 2.05) is 0 Å². The van der Waals surface area contributed by atoms with Gasteiger partial charge in [-0.3, -0.25) is 0 Å². The highest BCUT2D eigenvalue weighted by molar-refractivity contribution is 6.43. The molecule has 0 aliphatic heterocycles. The molecule has 1 atom stereocenters. The third-order valence-electron chi connectivity index (χ3n) is 2.78. The lowest BCUT2D eigenvalue weighted by atomic mass is 10.1. The van der Waals surface area contributed by atoms with Gasteiger partial charge in [-0.15, -0.1) is 11.6 Å². The van der Waals surface area contributed by atoms with Crippen molar-refractivity contribution in [3.8, 4) is 11.8 Å². The Morgan fingerprint density at radius 1 is 1.10 bits per heavy atom. The summed E-state index contributed by atoms with van der Waals surface area (Å²) in [5, 5.41) is -0.121. The zero-order valence-electron chi connectivity index (χ0n) is 11.2. The van der Waals surface area contributed by atoms with Crippen molar-refractivity contribution >= 4 is 40.5 Å². The number of nitrogens with zero attached hydrogens (tertiary/aromatic N) is 2. The molecule has 0 saturated heterocycles. The molecular formula is C13H12Cl3N3O2. The number of nitrogens with two attached hydrogens (primary N) is 1. The summed E-state index contributed by atoms with van der Waals surface area (Å²) in [6.45, 7) is 0. The van der Waals surface area contributed by atoms with Gasteiger partial charge >= 0.3 is 0 Å². The minimum Gasteiger partial charge on any atom is -0.481 e. The minimum atomic E-state index is -0.719. The Balaban J connectivity index is 2.49. The molecule has 21 heavy (non-hydrogen) atoms. The number of alkyl halides is 1. The molecule has 0 aliphatic rings. The zero-order chi connectivity index (χ0) is 15.6. The van der Waals surface area contributed by atoms with E-state index in [1.54, 1.807) is 18.2 Å². The monoisotopic (exact) mass is 347 g/mol. The quantitative estimate of drug-likeness (QED) is 0.673. The fourth-order valence-corrected chi connectivity index (χ4v) is 2.31. The molecule has 2 aromatic rings. The summed E-state index contributed by atoms with van der Waals surface area (Å²) < 4.78 is 10.2. The zero-order valence-corrected chi connectivity index (χ0v) is 13.5. The molecule has 112 valence electrons. The van der Waals surface area contributed by atoms with E-state index >= 15 is 0 Å². The van der Waals surface area contributed by atoms with E-state index in [9.17, 15) is 0 Å². The number of benzene rings is 1. The van der Waals surface area contributed by atoms with Gasteiger partial charge in [0, 0.05) is 5.56 Å². The van der Waals surface area contributed by atoms with Gasteiger partial charge in [0.2, 0.25) is 11.8 Å². The number of hydrogen-bond acceptors (Lipinski definition) is 5. The van der Waals surface area contributed by atoms with E-state index in [4.69, 9.17) is 50.0 Å². The van der Waals surface area contributed by atoms with E-state index < -0.39 is 5.38 Å². The summed E-state index contributed by atoms with van der Waals surface area (Å²) in [5.74, 6) is 0.959. The summed E-state index contributed by atoms with van der Waals surface area (Å²) in [4.78, 5) is 8.38. The van der Waals surface area contributed by atoms with Crippen LogP contribution in [0.3, 0.4) is 0 Å². The van der Waals surface area contributed by atoms with Crippen LogP contribution in [0.2, 0.25) is 10.0 Å². The van der Waals surface area contributed by atoms with E-state index in [1.165, 1.54) is 14.2 Å². The molecular weight excluding hydrogens is 337 g/mol. The third kappa shape index (κ3) is 3.26. The Bertz CT molecular complexity index is 645. The Kier molecular flexibility index (Phi) is 4.98. The Morgan fingerprint density at radius 2 is 1.67 bits per heavy atom. The first-order valence-electron chi connectivity index (χ1n) is 5.82. The number of anilines is 1. The van der Waals surface area contributed by atoms with Gasteiger partial charge in [0.25, 0.3) is 0 Å². The molecule has 0 spiro atoms. The van der Waals surface area contributed by atoms with Crippen LogP contribution < -0.4 is 15.2 Å². The number of nitrogen functional groups attached to an aromatic ring is 1. The summed E-state index contributed by atoms with van der Waals surface area (Å²) in [6, 6.07) is 4.84. The SMILES string of the molecule is COc1cc(OC)nc(C(Cl)c2ccc(Cl)c(Cl)c2N)n1. The first-order valence-corrected chi connectivity index (χ1v) is 7.01. The lowest BCUT2D eigenvalue weighted by Crippen LogP contribution is -2.06. The maximum atomic E-state index is 6.40. The van der Waals surface area contributed by atoms with Crippen molar-refractivity contribution in [2.75, 3.05) is 20.0 Å². The maximum Gasteiger partial charge on any atom is 0.220 e. The molecule has 2 N–H and O–H groups in total. The van der Waals surface area contributed by atoms with Gasteiger partial charge < -0.3 is 15.2 Å². The number of rotatable bonds is 4. The molecule has 0 aliphatic carbocycles. The number of methoxy groups -OCH3 is 2. The molecule has 1 unspecified atom stereocenters. The van der Waals surface area contributed by atoms with Crippen LogP contribution in [0.25, 0.3) is 0 Å². The van der Waals surface area contributed by atoms with Crippen LogP contribution in [-0.4, -0.2) is 24.2 Å². The smallest absolute Gasteiger partial charge is 0.220 e. The van der Waals surface area contributed by atoms with Crippen molar-refractivity contribution in [3.63, 3.8) is 0 Å². The van der Waals surface area contributed by atoms with Crippen molar-refractivity contribution in [1.82, 2.24) is 9.97 Å². The van der Waals surface area contributed by atoms with Crippen molar-refractivity contribution in [2.24, 2.45) is 0 Å². The molecule has 8 heteroatoms. The van der Waals surface area contributed by atoms with Gasteiger partial charge in [0.1, 0.15) is 5.38 Å². The Labute approximate surface area is 136 Å². The van der Waals surface area contributed by atoms with Gasteiger partial charge in [-0.25, -0.2) is 0 Å². The summed E-state index contributed by atoms with van der Waals surface area (Å²) in [6.07, 6.45) is 0. The first kappa shape index (κ1) is 15.9. The van der Waals surface area contributed by atoms with Gasteiger partial charge in [0.05, 0.1) is 36.0 Å². The number of halogens is 3. The van der Waals surface area contributed by atoms with Gasteiger partial charge in [-0.2, -0.15) is 9.97 Å². The van der Waals surface area contributed by atoms with Gasteiger partial charge in [0.15, 0.2) is 5.82 Å². The molecule has 0 fully saturated rings. The van der Waals surface area contributed by atoms with E-state index in [0.717, 1.165) is 0 Å². The van der Waals surface area contributed by atoms with Crippen LogP contribution in [0.5, 0.6) is 11.8 Å². The molecule has 2 rings (SSSR count). The number of hydrogen-bond donors (Lipinski definition) is 1. The molecule has 1 heterocycles.